The van der Waals surface area contributed by atoms with E-state index in [1.165, 1.54) is 6.42 Å². The summed E-state index contributed by atoms with van der Waals surface area (Å²) < 4.78 is 5.31. The molecule has 0 spiro atoms. The van der Waals surface area contributed by atoms with Gasteiger partial charge in [-0.3, -0.25) is 9.59 Å². The molecule has 2 aliphatic rings. The van der Waals surface area contributed by atoms with Gasteiger partial charge in [0.05, 0.1) is 6.17 Å². The number of hydrogen-bond acceptors (Lipinski definition) is 5. The van der Waals surface area contributed by atoms with Crippen molar-refractivity contribution in [3.05, 3.63) is 35.9 Å². The van der Waals surface area contributed by atoms with Crippen LogP contribution in [0.4, 0.5) is 4.79 Å². The van der Waals surface area contributed by atoms with Crippen LogP contribution >= 0.6 is 0 Å². The van der Waals surface area contributed by atoms with Crippen molar-refractivity contribution in [2.75, 3.05) is 6.54 Å². The Balaban J connectivity index is 1.54. The van der Waals surface area contributed by atoms with Gasteiger partial charge in [-0.25, -0.2) is 4.79 Å². The zero-order chi connectivity index (χ0) is 22.1. The van der Waals surface area contributed by atoms with E-state index in [0.29, 0.717) is 25.3 Å². The Morgan fingerprint density at radius 2 is 1.81 bits per heavy atom. The average molecular weight is 431 g/mol. The molecule has 3 atom stereocenters. The maximum absolute atomic E-state index is 12.9. The molecule has 5 N–H and O–H groups in total. The van der Waals surface area contributed by atoms with Crippen molar-refractivity contribution in [2.24, 2.45) is 17.6 Å². The van der Waals surface area contributed by atoms with Crippen LogP contribution in [0, 0.1) is 11.8 Å². The number of alkyl carbamates (subject to hydrolysis) is 1. The second-order valence-corrected chi connectivity index (χ2v) is 8.63. The lowest BCUT2D eigenvalue weighted by molar-refractivity contribution is -0.126. The molecule has 1 heterocycles. The number of rotatable bonds is 9. The highest BCUT2D eigenvalue weighted by Crippen LogP contribution is 2.27. The van der Waals surface area contributed by atoms with Crippen molar-refractivity contribution in [2.45, 2.75) is 70.2 Å². The van der Waals surface area contributed by atoms with E-state index in [9.17, 15) is 14.4 Å². The summed E-state index contributed by atoms with van der Waals surface area (Å²) >= 11 is 0. The van der Waals surface area contributed by atoms with Crippen LogP contribution in [-0.2, 0) is 20.9 Å². The molecule has 2 fully saturated rings. The number of nitrogens with two attached hydrogens (primary N) is 1. The fraction of sp³-hybridized carbons (Fsp3) is 0.609. The maximum atomic E-state index is 12.9. The number of carbonyl (C=O) groups is 3. The molecule has 0 aromatic heterocycles. The standard InChI is InChI=1S/C23H34N4O4/c24-20(14-18-11-12-25-21(18)28)27-22(29)19(13-16-7-3-1-4-8-16)26-23(30)31-15-17-9-5-2-6-10-17/h2,5-6,9-10,16,18-20H,1,3-4,7-8,11-15,24H2,(H,25,28)(H,26,30)(H,27,29)/t18-,19-,20-/m0/s1. The van der Waals surface area contributed by atoms with E-state index in [4.69, 9.17) is 10.5 Å². The summed E-state index contributed by atoms with van der Waals surface area (Å²) in [4.78, 5) is 37.1. The molecule has 0 bridgehead atoms. The molecule has 1 saturated carbocycles. The highest BCUT2D eigenvalue weighted by molar-refractivity contribution is 5.86. The molecule has 31 heavy (non-hydrogen) atoms. The maximum Gasteiger partial charge on any atom is 0.408 e. The van der Waals surface area contributed by atoms with Crippen molar-refractivity contribution >= 4 is 17.9 Å². The van der Waals surface area contributed by atoms with Crippen molar-refractivity contribution < 1.29 is 19.1 Å². The molecule has 170 valence electrons. The van der Waals surface area contributed by atoms with Gasteiger partial charge in [-0.2, -0.15) is 0 Å². The normalized spacial score (nSPS) is 21.1. The van der Waals surface area contributed by atoms with E-state index in [1.54, 1.807) is 0 Å². The molecule has 1 aliphatic carbocycles. The van der Waals surface area contributed by atoms with Gasteiger partial charge in [0.15, 0.2) is 0 Å². The van der Waals surface area contributed by atoms with Crippen LogP contribution in [0.25, 0.3) is 0 Å². The third kappa shape index (κ3) is 7.54. The highest BCUT2D eigenvalue weighted by Gasteiger charge is 2.30. The lowest BCUT2D eigenvalue weighted by Crippen LogP contribution is -2.53. The molecule has 3 amide bonds. The molecular weight excluding hydrogens is 396 g/mol. The summed E-state index contributed by atoms with van der Waals surface area (Å²) in [5, 5.41) is 8.30. The van der Waals surface area contributed by atoms with Gasteiger partial charge in [-0.05, 0) is 30.7 Å². The smallest absolute Gasteiger partial charge is 0.408 e. The van der Waals surface area contributed by atoms with Crippen molar-refractivity contribution in [1.82, 2.24) is 16.0 Å². The minimum absolute atomic E-state index is 0.0222. The Morgan fingerprint density at radius 3 is 2.48 bits per heavy atom. The predicted molar refractivity (Wildman–Crippen MR) is 117 cm³/mol. The predicted octanol–water partition coefficient (Wildman–Crippen LogP) is 2.18. The average Bonchev–Trinajstić information content (AvgIpc) is 3.17. The summed E-state index contributed by atoms with van der Waals surface area (Å²) in [6.07, 6.45) is 6.02. The molecule has 8 nitrogen and oxygen atoms in total. The fourth-order valence-electron chi connectivity index (χ4n) is 4.41. The lowest BCUT2D eigenvalue weighted by Gasteiger charge is -2.27. The third-order valence-electron chi connectivity index (χ3n) is 6.14. The second-order valence-electron chi connectivity index (χ2n) is 8.63. The van der Waals surface area contributed by atoms with Gasteiger partial charge >= 0.3 is 6.09 Å². The highest BCUT2D eigenvalue weighted by atomic mass is 16.5. The molecule has 0 radical (unpaired) electrons. The number of nitrogens with one attached hydrogen (secondary N) is 3. The first-order chi connectivity index (χ1) is 15.0. The lowest BCUT2D eigenvalue weighted by atomic mass is 9.84. The van der Waals surface area contributed by atoms with Gasteiger partial charge in [-0.15, -0.1) is 0 Å². The Morgan fingerprint density at radius 1 is 1.06 bits per heavy atom. The summed E-state index contributed by atoms with van der Waals surface area (Å²) in [6, 6.07) is 8.68. The number of benzene rings is 1. The Labute approximate surface area is 183 Å². The zero-order valence-electron chi connectivity index (χ0n) is 18.0. The minimum Gasteiger partial charge on any atom is -0.445 e. The van der Waals surface area contributed by atoms with E-state index >= 15 is 0 Å². The Bertz CT molecular complexity index is 736. The molecule has 1 aromatic carbocycles. The van der Waals surface area contributed by atoms with E-state index in [2.05, 4.69) is 16.0 Å². The Hall–Kier alpha value is -2.61. The van der Waals surface area contributed by atoms with Gasteiger partial charge in [0.1, 0.15) is 12.6 Å². The summed E-state index contributed by atoms with van der Waals surface area (Å²) in [5.41, 5.74) is 6.97. The zero-order valence-corrected chi connectivity index (χ0v) is 18.0. The molecular formula is C23H34N4O4. The second kappa shape index (κ2) is 11.7. The first kappa shape index (κ1) is 23.1. The molecule has 1 aliphatic heterocycles. The van der Waals surface area contributed by atoms with Gasteiger partial charge in [0.2, 0.25) is 11.8 Å². The third-order valence-corrected chi connectivity index (χ3v) is 6.14. The molecule has 0 unspecified atom stereocenters. The van der Waals surface area contributed by atoms with Gasteiger partial charge in [0, 0.05) is 12.5 Å². The first-order valence-electron chi connectivity index (χ1n) is 11.3. The van der Waals surface area contributed by atoms with Gasteiger partial charge in [0.25, 0.3) is 0 Å². The number of hydrogen-bond donors (Lipinski definition) is 4. The molecule has 1 aromatic rings. The largest absolute Gasteiger partial charge is 0.445 e. The summed E-state index contributed by atoms with van der Waals surface area (Å²) in [5.74, 6) is -0.147. The van der Waals surface area contributed by atoms with Crippen molar-refractivity contribution in [3.8, 4) is 0 Å². The monoisotopic (exact) mass is 430 g/mol. The van der Waals surface area contributed by atoms with Crippen LogP contribution in [0.3, 0.4) is 0 Å². The van der Waals surface area contributed by atoms with E-state index in [-0.39, 0.29) is 24.3 Å². The fourth-order valence-corrected chi connectivity index (χ4v) is 4.41. The quantitative estimate of drug-likeness (QED) is 0.447. The van der Waals surface area contributed by atoms with Crippen molar-refractivity contribution in [3.63, 3.8) is 0 Å². The van der Waals surface area contributed by atoms with Crippen LogP contribution in [0.15, 0.2) is 30.3 Å². The van der Waals surface area contributed by atoms with Crippen LogP contribution in [0.2, 0.25) is 0 Å². The van der Waals surface area contributed by atoms with Crippen LogP contribution in [0.5, 0.6) is 0 Å². The first-order valence-corrected chi connectivity index (χ1v) is 11.3. The van der Waals surface area contributed by atoms with Crippen LogP contribution in [0.1, 0.15) is 56.9 Å². The SMILES string of the molecule is N[C@H](C[C@@H]1CCNC1=O)NC(=O)[C@H](CC1CCCCC1)NC(=O)OCc1ccccc1. The van der Waals surface area contributed by atoms with E-state index in [1.807, 2.05) is 30.3 Å². The molecule has 1 saturated heterocycles. The number of ether oxygens (including phenoxy) is 1. The number of carbonyl (C=O) groups excluding carboxylic acids is 3. The summed E-state index contributed by atoms with van der Waals surface area (Å²) in [6.45, 7) is 0.782. The molecule has 8 heteroatoms. The van der Waals surface area contributed by atoms with Crippen molar-refractivity contribution in [1.29, 1.82) is 0 Å². The van der Waals surface area contributed by atoms with E-state index < -0.39 is 18.3 Å². The topological polar surface area (TPSA) is 123 Å². The summed E-state index contributed by atoms with van der Waals surface area (Å²) in [7, 11) is 0. The number of amides is 3. The van der Waals surface area contributed by atoms with Gasteiger partial charge < -0.3 is 26.4 Å². The van der Waals surface area contributed by atoms with Crippen LogP contribution in [-0.4, -0.2) is 36.7 Å². The minimum atomic E-state index is -0.713. The van der Waals surface area contributed by atoms with Gasteiger partial charge in [-0.1, -0.05) is 62.4 Å². The molecule has 3 rings (SSSR count). The van der Waals surface area contributed by atoms with E-state index in [0.717, 1.165) is 37.7 Å². The Kier molecular flexibility index (Phi) is 8.70. The van der Waals surface area contributed by atoms with Crippen LogP contribution < -0.4 is 21.7 Å².